The topological polar surface area (TPSA) is 50.4 Å². The minimum atomic E-state index is -0.911. The van der Waals surface area contributed by atoms with E-state index in [2.05, 4.69) is 9.97 Å². The number of rotatable bonds is 2. The molecule has 0 aliphatic rings. The average Bonchev–Trinajstić information content (AvgIpc) is 2.85. The van der Waals surface area contributed by atoms with Gasteiger partial charge in [-0.3, -0.25) is 4.98 Å². The van der Waals surface area contributed by atoms with Gasteiger partial charge in [0, 0.05) is 30.4 Å². The van der Waals surface area contributed by atoms with E-state index in [0.717, 1.165) is 16.8 Å². The highest BCUT2D eigenvalue weighted by molar-refractivity contribution is 5.66. The molecule has 3 heterocycles. The molecule has 0 aliphatic carbocycles. The van der Waals surface area contributed by atoms with Gasteiger partial charge in [0.25, 0.3) is 0 Å². The van der Waals surface area contributed by atoms with Crippen molar-refractivity contribution < 1.29 is 5.11 Å². The Hall–Kier alpha value is -2.20. The fourth-order valence-corrected chi connectivity index (χ4v) is 2.02. The van der Waals surface area contributed by atoms with Crippen LogP contribution in [-0.4, -0.2) is 19.5 Å². The van der Waals surface area contributed by atoms with Crippen molar-refractivity contribution in [1.82, 2.24) is 14.4 Å². The van der Waals surface area contributed by atoms with Gasteiger partial charge in [0.15, 0.2) is 0 Å². The van der Waals surface area contributed by atoms with Crippen LogP contribution < -0.4 is 0 Å². The molecule has 0 unspecified atom stereocenters. The smallest absolute Gasteiger partial charge is 0.137 e. The van der Waals surface area contributed by atoms with Crippen LogP contribution >= 0.6 is 0 Å². The predicted molar refractivity (Wildman–Crippen MR) is 73.7 cm³/mol. The van der Waals surface area contributed by atoms with Crippen LogP contribution in [-0.2, 0) is 5.60 Å². The zero-order valence-corrected chi connectivity index (χ0v) is 10.9. The largest absolute Gasteiger partial charge is 0.384 e. The molecule has 0 bridgehead atoms. The third kappa shape index (κ3) is 2.22. The molecule has 0 aromatic carbocycles. The first kappa shape index (κ1) is 11.9. The molecule has 0 spiro atoms. The first-order valence-corrected chi connectivity index (χ1v) is 6.16. The zero-order valence-electron chi connectivity index (χ0n) is 10.9. The van der Waals surface area contributed by atoms with Crippen molar-refractivity contribution in [2.24, 2.45) is 0 Å². The minimum Gasteiger partial charge on any atom is -0.384 e. The second kappa shape index (κ2) is 4.17. The van der Waals surface area contributed by atoms with Crippen LogP contribution in [0.15, 0.2) is 49.1 Å². The van der Waals surface area contributed by atoms with Gasteiger partial charge >= 0.3 is 0 Å². The second-order valence-electron chi connectivity index (χ2n) is 5.10. The van der Waals surface area contributed by atoms with Gasteiger partial charge in [0.1, 0.15) is 11.2 Å². The summed E-state index contributed by atoms with van der Waals surface area (Å²) in [7, 11) is 0. The third-order valence-electron chi connectivity index (χ3n) is 3.12. The third-order valence-corrected chi connectivity index (χ3v) is 3.12. The lowest BCUT2D eigenvalue weighted by Gasteiger charge is -2.16. The summed E-state index contributed by atoms with van der Waals surface area (Å²) >= 11 is 0. The van der Waals surface area contributed by atoms with Crippen LogP contribution in [0.1, 0.15) is 19.5 Å². The van der Waals surface area contributed by atoms with Crippen molar-refractivity contribution in [2.75, 3.05) is 0 Å². The van der Waals surface area contributed by atoms with Gasteiger partial charge in [-0.1, -0.05) is 6.07 Å². The molecular formula is C15H15N3O. The van der Waals surface area contributed by atoms with Gasteiger partial charge in [0.05, 0.1) is 5.69 Å². The molecule has 0 saturated heterocycles. The molecule has 0 fully saturated rings. The maximum absolute atomic E-state index is 9.89. The van der Waals surface area contributed by atoms with E-state index in [-0.39, 0.29) is 0 Å². The molecule has 0 amide bonds. The molecule has 0 atom stereocenters. The monoisotopic (exact) mass is 253 g/mol. The van der Waals surface area contributed by atoms with Crippen molar-refractivity contribution in [3.05, 3.63) is 54.7 Å². The van der Waals surface area contributed by atoms with Crippen molar-refractivity contribution in [3.8, 4) is 11.1 Å². The molecule has 3 aromatic heterocycles. The number of imidazole rings is 1. The van der Waals surface area contributed by atoms with E-state index in [1.807, 2.05) is 41.1 Å². The number of fused-ring (bicyclic) bond motifs is 1. The van der Waals surface area contributed by atoms with Gasteiger partial charge < -0.3 is 9.51 Å². The van der Waals surface area contributed by atoms with Gasteiger partial charge in [-0.25, -0.2) is 4.98 Å². The van der Waals surface area contributed by atoms with Crippen molar-refractivity contribution >= 4 is 5.65 Å². The van der Waals surface area contributed by atoms with Crippen molar-refractivity contribution in [3.63, 3.8) is 0 Å². The Labute approximate surface area is 111 Å². The Kier molecular flexibility index (Phi) is 2.61. The molecular weight excluding hydrogens is 238 g/mol. The van der Waals surface area contributed by atoms with Gasteiger partial charge in [-0.15, -0.1) is 0 Å². The SMILES string of the molecule is CC(C)(O)c1ccc(-c2ccn3ccnc3c2)cn1. The number of pyridine rings is 2. The predicted octanol–water partition coefficient (Wildman–Crippen LogP) is 2.62. The van der Waals surface area contributed by atoms with Crippen LogP contribution in [0.25, 0.3) is 16.8 Å². The van der Waals surface area contributed by atoms with Crippen molar-refractivity contribution in [1.29, 1.82) is 0 Å². The molecule has 0 aliphatic heterocycles. The normalized spacial score (nSPS) is 11.9. The first-order valence-electron chi connectivity index (χ1n) is 6.16. The molecule has 0 radical (unpaired) electrons. The second-order valence-corrected chi connectivity index (χ2v) is 5.10. The lowest BCUT2D eigenvalue weighted by atomic mass is 10.0. The summed E-state index contributed by atoms with van der Waals surface area (Å²) < 4.78 is 1.96. The number of aromatic nitrogens is 3. The van der Waals surface area contributed by atoms with Crippen LogP contribution in [0.2, 0.25) is 0 Å². The zero-order chi connectivity index (χ0) is 13.5. The fraction of sp³-hybridized carbons (Fsp3) is 0.200. The number of hydrogen-bond acceptors (Lipinski definition) is 3. The van der Waals surface area contributed by atoms with E-state index in [1.165, 1.54) is 0 Å². The highest BCUT2D eigenvalue weighted by atomic mass is 16.3. The summed E-state index contributed by atoms with van der Waals surface area (Å²) in [5.74, 6) is 0. The molecule has 3 aromatic rings. The van der Waals surface area contributed by atoms with E-state index in [4.69, 9.17) is 0 Å². The van der Waals surface area contributed by atoms with E-state index >= 15 is 0 Å². The highest BCUT2D eigenvalue weighted by Crippen LogP contribution is 2.23. The lowest BCUT2D eigenvalue weighted by molar-refractivity contribution is 0.0739. The summed E-state index contributed by atoms with van der Waals surface area (Å²) in [6, 6.07) is 7.86. The summed E-state index contributed by atoms with van der Waals surface area (Å²) in [5.41, 5.74) is 2.74. The van der Waals surface area contributed by atoms with E-state index < -0.39 is 5.60 Å². The standard InChI is InChI=1S/C15H15N3O/c1-15(2,19)13-4-3-12(10-17-13)11-5-7-18-8-6-16-14(18)9-11/h3-10,19H,1-2H3. The summed E-state index contributed by atoms with van der Waals surface area (Å²) in [6.07, 6.45) is 7.44. The molecule has 4 nitrogen and oxygen atoms in total. The van der Waals surface area contributed by atoms with Crippen LogP contribution in [0.3, 0.4) is 0 Å². The maximum Gasteiger partial charge on any atom is 0.137 e. The molecule has 1 N–H and O–H groups in total. The summed E-state index contributed by atoms with van der Waals surface area (Å²) in [5, 5.41) is 9.89. The number of aliphatic hydroxyl groups is 1. The van der Waals surface area contributed by atoms with Crippen LogP contribution in [0, 0.1) is 0 Å². The summed E-state index contributed by atoms with van der Waals surface area (Å²) in [4.78, 5) is 8.58. The lowest BCUT2D eigenvalue weighted by Crippen LogP contribution is -2.17. The van der Waals surface area contributed by atoms with E-state index in [0.29, 0.717) is 5.69 Å². The molecule has 3 rings (SSSR count). The Balaban J connectivity index is 2.01. The number of nitrogens with zero attached hydrogens (tertiary/aromatic N) is 3. The van der Waals surface area contributed by atoms with Gasteiger partial charge in [-0.05, 0) is 37.6 Å². The Morgan fingerprint density at radius 3 is 2.58 bits per heavy atom. The maximum atomic E-state index is 9.89. The quantitative estimate of drug-likeness (QED) is 0.763. The molecule has 0 saturated carbocycles. The molecule has 96 valence electrons. The van der Waals surface area contributed by atoms with E-state index in [1.54, 1.807) is 26.2 Å². The van der Waals surface area contributed by atoms with E-state index in [9.17, 15) is 5.11 Å². The minimum absolute atomic E-state index is 0.665. The van der Waals surface area contributed by atoms with Gasteiger partial charge in [0.2, 0.25) is 0 Å². The van der Waals surface area contributed by atoms with Crippen LogP contribution in [0.4, 0.5) is 0 Å². The Bertz CT molecular complexity index is 708. The van der Waals surface area contributed by atoms with Crippen LogP contribution in [0.5, 0.6) is 0 Å². The Morgan fingerprint density at radius 1 is 1.05 bits per heavy atom. The summed E-state index contributed by atoms with van der Waals surface area (Å²) in [6.45, 7) is 3.46. The average molecular weight is 253 g/mol. The number of hydrogen-bond donors (Lipinski definition) is 1. The fourth-order valence-electron chi connectivity index (χ4n) is 2.02. The first-order chi connectivity index (χ1) is 9.04. The molecule has 19 heavy (non-hydrogen) atoms. The highest BCUT2D eigenvalue weighted by Gasteiger charge is 2.17. The molecule has 4 heteroatoms. The Morgan fingerprint density at radius 2 is 1.89 bits per heavy atom. The van der Waals surface area contributed by atoms with Gasteiger partial charge in [-0.2, -0.15) is 0 Å². The van der Waals surface area contributed by atoms with Crippen molar-refractivity contribution in [2.45, 2.75) is 19.4 Å².